The maximum atomic E-state index is 11.6. The molecule has 1 N–H and O–H groups in total. The van der Waals surface area contributed by atoms with Crippen molar-refractivity contribution in [3.63, 3.8) is 0 Å². The van der Waals surface area contributed by atoms with Gasteiger partial charge in [-0.2, -0.15) is 0 Å². The molecule has 2 aliphatic heterocycles. The van der Waals surface area contributed by atoms with Crippen molar-refractivity contribution < 1.29 is 19.0 Å². The lowest BCUT2D eigenvalue weighted by Gasteiger charge is -2.20. The lowest BCUT2D eigenvalue weighted by molar-refractivity contribution is -0.117. The van der Waals surface area contributed by atoms with Gasteiger partial charge in [0, 0.05) is 12.1 Å². The standard InChI is InChI=1S/C12H13NO4/c1-7-4-12(14)13-8-5-10-11(6-9(8)17-7)16-3-2-15-10/h5-7H,2-4H2,1H3,(H,13,14). The minimum atomic E-state index is -0.140. The van der Waals surface area contributed by atoms with Gasteiger partial charge in [-0.05, 0) is 6.92 Å². The van der Waals surface area contributed by atoms with Crippen molar-refractivity contribution in [1.82, 2.24) is 0 Å². The number of hydrogen-bond acceptors (Lipinski definition) is 4. The second-order valence-corrected chi connectivity index (χ2v) is 4.17. The third-order valence-corrected chi connectivity index (χ3v) is 2.72. The summed E-state index contributed by atoms with van der Waals surface area (Å²) < 4.78 is 16.6. The molecular weight excluding hydrogens is 222 g/mol. The first-order chi connectivity index (χ1) is 8.22. The van der Waals surface area contributed by atoms with Crippen LogP contribution in [0.4, 0.5) is 5.69 Å². The zero-order valence-corrected chi connectivity index (χ0v) is 9.49. The van der Waals surface area contributed by atoms with Crippen LogP contribution in [0.15, 0.2) is 12.1 Å². The van der Waals surface area contributed by atoms with E-state index in [4.69, 9.17) is 14.2 Å². The maximum absolute atomic E-state index is 11.6. The van der Waals surface area contributed by atoms with Crippen LogP contribution in [0.25, 0.3) is 0 Å². The molecule has 1 unspecified atom stereocenters. The Bertz CT molecular complexity index is 472. The number of hydrogen-bond donors (Lipinski definition) is 1. The molecule has 0 saturated carbocycles. The Labute approximate surface area is 98.7 Å². The van der Waals surface area contributed by atoms with Crippen LogP contribution >= 0.6 is 0 Å². The molecule has 0 saturated heterocycles. The van der Waals surface area contributed by atoms with Crippen LogP contribution in [0.3, 0.4) is 0 Å². The van der Waals surface area contributed by atoms with E-state index in [0.717, 1.165) is 0 Å². The van der Waals surface area contributed by atoms with Crippen molar-refractivity contribution in [2.24, 2.45) is 0 Å². The van der Waals surface area contributed by atoms with Crippen LogP contribution in [-0.2, 0) is 4.79 Å². The summed E-state index contributed by atoms with van der Waals surface area (Å²) in [7, 11) is 0. The Morgan fingerprint density at radius 1 is 1.18 bits per heavy atom. The van der Waals surface area contributed by atoms with Gasteiger partial charge in [0.15, 0.2) is 11.5 Å². The highest BCUT2D eigenvalue weighted by atomic mass is 16.6. The SMILES string of the molecule is CC1CC(=O)Nc2cc3c(cc2O1)OCCO3. The lowest BCUT2D eigenvalue weighted by atomic mass is 10.2. The van der Waals surface area contributed by atoms with E-state index in [-0.39, 0.29) is 12.0 Å². The summed E-state index contributed by atoms with van der Waals surface area (Å²) >= 11 is 0. The molecule has 17 heavy (non-hydrogen) atoms. The zero-order chi connectivity index (χ0) is 11.8. The van der Waals surface area contributed by atoms with Crippen LogP contribution < -0.4 is 19.5 Å². The van der Waals surface area contributed by atoms with E-state index >= 15 is 0 Å². The number of carbonyl (C=O) groups is 1. The fourth-order valence-electron chi connectivity index (χ4n) is 1.99. The van der Waals surface area contributed by atoms with Gasteiger partial charge in [0.2, 0.25) is 5.91 Å². The van der Waals surface area contributed by atoms with Crippen molar-refractivity contribution in [1.29, 1.82) is 0 Å². The predicted octanol–water partition coefficient (Wildman–Crippen LogP) is 1.57. The minimum Gasteiger partial charge on any atom is -0.488 e. The fraction of sp³-hybridized carbons (Fsp3) is 0.417. The van der Waals surface area contributed by atoms with Gasteiger partial charge in [0.25, 0.3) is 0 Å². The number of rotatable bonds is 0. The second-order valence-electron chi connectivity index (χ2n) is 4.17. The van der Waals surface area contributed by atoms with Crippen molar-refractivity contribution in [3.8, 4) is 17.2 Å². The summed E-state index contributed by atoms with van der Waals surface area (Å²) in [5, 5.41) is 2.80. The maximum Gasteiger partial charge on any atom is 0.228 e. The monoisotopic (exact) mass is 235 g/mol. The van der Waals surface area contributed by atoms with Crippen LogP contribution in [-0.4, -0.2) is 25.2 Å². The molecule has 0 aliphatic carbocycles. The van der Waals surface area contributed by atoms with E-state index in [9.17, 15) is 4.79 Å². The number of amides is 1. The van der Waals surface area contributed by atoms with Gasteiger partial charge in [-0.15, -0.1) is 0 Å². The number of benzene rings is 1. The van der Waals surface area contributed by atoms with Crippen LogP contribution in [0.5, 0.6) is 17.2 Å². The first kappa shape index (κ1) is 10.3. The predicted molar refractivity (Wildman–Crippen MR) is 60.8 cm³/mol. The highest BCUT2D eigenvalue weighted by Crippen LogP contribution is 2.41. The summed E-state index contributed by atoms with van der Waals surface area (Å²) in [6, 6.07) is 3.52. The Balaban J connectivity index is 2.04. The quantitative estimate of drug-likeness (QED) is 0.741. The Morgan fingerprint density at radius 3 is 2.65 bits per heavy atom. The smallest absolute Gasteiger partial charge is 0.228 e. The van der Waals surface area contributed by atoms with E-state index < -0.39 is 0 Å². The Morgan fingerprint density at radius 2 is 1.88 bits per heavy atom. The van der Waals surface area contributed by atoms with Crippen molar-refractivity contribution in [2.45, 2.75) is 19.4 Å². The molecule has 1 amide bonds. The molecule has 90 valence electrons. The van der Waals surface area contributed by atoms with Gasteiger partial charge in [-0.1, -0.05) is 0 Å². The van der Waals surface area contributed by atoms with Crippen molar-refractivity contribution in [2.75, 3.05) is 18.5 Å². The Kier molecular flexibility index (Phi) is 2.31. The first-order valence-electron chi connectivity index (χ1n) is 5.62. The molecule has 1 aromatic rings. The van der Waals surface area contributed by atoms with Gasteiger partial charge in [-0.25, -0.2) is 0 Å². The molecule has 0 spiro atoms. The van der Waals surface area contributed by atoms with Gasteiger partial charge in [0.1, 0.15) is 25.1 Å². The topological polar surface area (TPSA) is 56.8 Å². The van der Waals surface area contributed by atoms with E-state index in [0.29, 0.717) is 42.6 Å². The Hall–Kier alpha value is -1.91. The number of nitrogens with one attached hydrogen (secondary N) is 1. The van der Waals surface area contributed by atoms with E-state index in [1.54, 1.807) is 12.1 Å². The highest BCUT2D eigenvalue weighted by molar-refractivity contribution is 5.94. The molecule has 5 heteroatoms. The van der Waals surface area contributed by atoms with Crippen LogP contribution in [0.2, 0.25) is 0 Å². The number of ether oxygens (including phenoxy) is 3. The molecule has 2 heterocycles. The molecule has 0 fully saturated rings. The first-order valence-corrected chi connectivity index (χ1v) is 5.62. The number of fused-ring (bicyclic) bond motifs is 2. The van der Waals surface area contributed by atoms with Crippen molar-refractivity contribution >= 4 is 11.6 Å². The minimum absolute atomic E-state index is 0.0482. The summed E-state index contributed by atoms with van der Waals surface area (Å²) in [5.74, 6) is 1.90. The number of carbonyl (C=O) groups excluding carboxylic acids is 1. The summed E-state index contributed by atoms with van der Waals surface area (Å²) in [5.41, 5.74) is 0.642. The molecule has 0 bridgehead atoms. The van der Waals surface area contributed by atoms with Gasteiger partial charge < -0.3 is 19.5 Å². The van der Waals surface area contributed by atoms with E-state index in [1.165, 1.54) is 0 Å². The molecule has 0 aromatic heterocycles. The average molecular weight is 235 g/mol. The molecule has 1 aromatic carbocycles. The summed E-state index contributed by atoms with van der Waals surface area (Å²) in [6.07, 6.45) is 0.208. The third-order valence-electron chi connectivity index (χ3n) is 2.72. The molecule has 1 atom stereocenters. The zero-order valence-electron chi connectivity index (χ0n) is 9.49. The largest absolute Gasteiger partial charge is 0.488 e. The second kappa shape index (κ2) is 3.84. The molecular formula is C12H13NO4. The van der Waals surface area contributed by atoms with E-state index in [1.807, 2.05) is 6.92 Å². The van der Waals surface area contributed by atoms with Crippen molar-refractivity contribution in [3.05, 3.63) is 12.1 Å². The molecule has 2 aliphatic rings. The summed E-state index contributed by atoms with van der Waals surface area (Å²) in [4.78, 5) is 11.6. The van der Waals surface area contributed by atoms with Gasteiger partial charge in [0.05, 0.1) is 12.1 Å². The average Bonchev–Trinajstić information content (AvgIpc) is 2.42. The van der Waals surface area contributed by atoms with E-state index in [2.05, 4.69) is 5.32 Å². The normalized spacial score (nSPS) is 21.9. The molecule has 3 rings (SSSR count). The highest BCUT2D eigenvalue weighted by Gasteiger charge is 2.23. The van der Waals surface area contributed by atoms with Crippen LogP contribution in [0.1, 0.15) is 13.3 Å². The number of anilines is 1. The fourth-order valence-corrected chi connectivity index (χ4v) is 1.99. The van der Waals surface area contributed by atoms with Gasteiger partial charge >= 0.3 is 0 Å². The lowest BCUT2D eigenvalue weighted by Crippen LogP contribution is -2.17. The summed E-state index contributed by atoms with van der Waals surface area (Å²) in [6.45, 7) is 2.93. The third kappa shape index (κ3) is 1.88. The molecule has 0 radical (unpaired) electrons. The van der Waals surface area contributed by atoms with Crippen LogP contribution in [0, 0.1) is 0 Å². The van der Waals surface area contributed by atoms with Gasteiger partial charge in [-0.3, -0.25) is 4.79 Å². The molecule has 5 nitrogen and oxygen atoms in total.